The lowest BCUT2D eigenvalue weighted by atomic mass is 10.1. The van der Waals surface area contributed by atoms with E-state index in [2.05, 4.69) is 9.89 Å². The van der Waals surface area contributed by atoms with Crippen molar-refractivity contribution in [3.8, 4) is 11.3 Å². The fourth-order valence-corrected chi connectivity index (χ4v) is 1.74. The molecule has 1 heterocycles. The fraction of sp³-hybridized carbons (Fsp3) is 0.167. The maximum Gasteiger partial charge on any atom is 0.343 e. The van der Waals surface area contributed by atoms with Crippen LogP contribution in [0.5, 0.6) is 0 Å². The summed E-state index contributed by atoms with van der Waals surface area (Å²) >= 11 is 5.69. The van der Waals surface area contributed by atoms with Gasteiger partial charge in [0.1, 0.15) is 22.8 Å². The minimum Gasteiger partial charge on any atom is -0.465 e. The zero-order valence-electron chi connectivity index (χ0n) is 9.66. The van der Waals surface area contributed by atoms with Gasteiger partial charge in [0.15, 0.2) is 0 Å². The van der Waals surface area contributed by atoms with E-state index in [0.29, 0.717) is 11.3 Å². The zero-order valence-corrected chi connectivity index (χ0v) is 10.4. The molecule has 0 amide bonds. The monoisotopic (exact) mass is 269 g/mol. The van der Waals surface area contributed by atoms with E-state index < -0.39 is 11.8 Å². The molecule has 1 aromatic heterocycles. The first-order chi connectivity index (χ1) is 8.54. The molecule has 94 valence electrons. The number of ether oxygens (including phenoxy) is 1. The molecular formula is C12H9ClFNO3. The molecule has 0 aliphatic heterocycles. The van der Waals surface area contributed by atoms with E-state index in [1.807, 2.05) is 0 Å². The second-order valence-corrected chi connectivity index (χ2v) is 3.99. The third kappa shape index (κ3) is 2.09. The van der Waals surface area contributed by atoms with Gasteiger partial charge in [-0.1, -0.05) is 16.8 Å². The minimum absolute atomic E-state index is 0.0519. The van der Waals surface area contributed by atoms with Crippen LogP contribution in [0.1, 0.15) is 16.1 Å². The zero-order chi connectivity index (χ0) is 13.3. The molecule has 0 atom stereocenters. The Morgan fingerprint density at radius 2 is 2.22 bits per heavy atom. The Hall–Kier alpha value is -1.88. The van der Waals surface area contributed by atoms with Crippen LogP contribution in [0.25, 0.3) is 11.3 Å². The Balaban J connectivity index is 2.57. The molecule has 4 nitrogen and oxygen atoms in total. The van der Waals surface area contributed by atoms with Crippen LogP contribution < -0.4 is 0 Å². The van der Waals surface area contributed by atoms with Crippen LogP contribution in [0, 0.1) is 12.7 Å². The smallest absolute Gasteiger partial charge is 0.343 e. The van der Waals surface area contributed by atoms with Gasteiger partial charge in [0.25, 0.3) is 0 Å². The Labute approximate surface area is 107 Å². The van der Waals surface area contributed by atoms with E-state index >= 15 is 0 Å². The van der Waals surface area contributed by atoms with Crippen LogP contribution in [0.3, 0.4) is 0 Å². The van der Waals surface area contributed by atoms with Crippen molar-refractivity contribution in [2.24, 2.45) is 0 Å². The second-order valence-electron chi connectivity index (χ2n) is 3.58. The Morgan fingerprint density at radius 1 is 1.50 bits per heavy atom. The number of aromatic nitrogens is 1. The number of rotatable bonds is 2. The van der Waals surface area contributed by atoms with Gasteiger partial charge in [-0.15, -0.1) is 0 Å². The second kappa shape index (κ2) is 4.78. The first kappa shape index (κ1) is 12.6. The largest absolute Gasteiger partial charge is 0.465 e. The Bertz CT molecular complexity index is 609. The number of esters is 1. The number of benzene rings is 1. The van der Waals surface area contributed by atoms with Gasteiger partial charge in [0.05, 0.1) is 12.1 Å². The third-order valence-corrected chi connectivity index (χ3v) is 2.73. The van der Waals surface area contributed by atoms with E-state index in [1.165, 1.54) is 25.3 Å². The molecule has 18 heavy (non-hydrogen) atoms. The van der Waals surface area contributed by atoms with Gasteiger partial charge in [-0.3, -0.25) is 0 Å². The lowest BCUT2D eigenvalue weighted by Crippen LogP contribution is -2.03. The van der Waals surface area contributed by atoms with Crippen molar-refractivity contribution in [1.82, 2.24) is 5.16 Å². The van der Waals surface area contributed by atoms with Crippen LogP contribution in [0.4, 0.5) is 4.39 Å². The van der Waals surface area contributed by atoms with Gasteiger partial charge >= 0.3 is 5.97 Å². The van der Waals surface area contributed by atoms with Crippen LogP contribution in [-0.4, -0.2) is 18.2 Å². The van der Waals surface area contributed by atoms with E-state index in [0.717, 1.165) is 0 Å². The number of carbonyl (C=O) groups is 1. The van der Waals surface area contributed by atoms with Gasteiger partial charge in [0.2, 0.25) is 0 Å². The summed E-state index contributed by atoms with van der Waals surface area (Å²) in [6, 6.07) is 4.04. The first-order valence-electron chi connectivity index (χ1n) is 5.04. The predicted molar refractivity (Wildman–Crippen MR) is 63.0 cm³/mol. The van der Waals surface area contributed by atoms with E-state index in [1.54, 1.807) is 6.92 Å². The van der Waals surface area contributed by atoms with Gasteiger partial charge < -0.3 is 9.26 Å². The lowest BCUT2D eigenvalue weighted by Gasteiger charge is -2.02. The summed E-state index contributed by atoms with van der Waals surface area (Å²) in [5, 5.41) is 3.72. The molecule has 0 spiro atoms. The third-order valence-electron chi connectivity index (χ3n) is 2.45. The van der Waals surface area contributed by atoms with Gasteiger partial charge in [-0.2, -0.15) is 0 Å². The predicted octanol–water partition coefficient (Wildman–Crippen LogP) is 3.23. The molecule has 0 radical (unpaired) electrons. The van der Waals surface area contributed by atoms with Crippen LogP contribution in [0.15, 0.2) is 22.7 Å². The van der Waals surface area contributed by atoms with Crippen molar-refractivity contribution in [3.63, 3.8) is 0 Å². The van der Waals surface area contributed by atoms with Crippen molar-refractivity contribution >= 4 is 17.6 Å². The fourth-order valence-electron chi connectivity index (χ4n) is 1.56. The summed E-state index contributed by atoms with van der Waals surface area (Å²) in [4.78, 5) is 11.6. The maximum absolute atomic E-state index is 13.1. The highest BCUT2D eigenvalue weighted by Gasteiger charge is 2.22. The minimum atomic E-state index is -0.566. The molecular weight excluding hydrogens is 261 g/mol. The van der Waals surface area contributed by atoms with Gasteiger partial charge in [0, 0.05) is 5.56 Å². The van der Waals surface area contributed by atoms with Crippen molar-refractivity contribution in [2.75, 3.05) is 7.11 Å². The number of carbonyl (C=O) groups excluding carboxylic acids is 1. The van der Waals surface area contributed by atoms with Crippen molar-refractivity contribution in [3.05, 3.63) is 40.4 Å². The molecule has 0 fully saturated rings. The van der Waals surface area contributed by atoms with Crippen LogP contribution >= 0.6 is 11.6 Å². The standard InChI is InChI=1S/C12H9ClFNO3/c1-6-10(12(16)17-2)11(15-18-6)7-3-4-9(14)8(13)5-7/h3-5H,1-2H3. The van der Waals surface area contributed by atoms with Crippen LogP contribution in [0.2, 0.25) is 5.02 Å². The van der Waals surface area contributed by atoms with E-state index in [-0.39, 0.29) is 16.3 Å². The normalized spacial score (nSPS) is 10.4. The first-order valence-corrected chi connectivity index (χ1v) is 5.42. The number of aryl methyl sites for hydroxylation is 1. The summed E-state index contributed by atoms with van der Waals surface area (Å²) in [6.45, 7) is 1.59. The summed E-state index contributed by atoms with van der Waals surface area (Å²) in [7, 11) is 1.26. The molecule has 0 bridgehead atoms. The molecule has 0 aliphatic rings. The average Bonchev–Trinajstić information content (AvgIpc) is 2.74. The molecule has 0 saturated heterocycles. The van der Waals surface area contributed by atoms with Gasteiger partial charge in [-0.05, 0) is 25.1 Å². The molecule has 0 saturated carbocycles. The summed E-state index contributed by atoms with van der Waals surface area (Å²) in [5.74, 6) is -0.776. The molecule has 2 aromatic rings. The van der Waals surface area contributed by atoms with Crippen molar-refractivity contribution in [2.45, 2.75) is 6.92 Å². The maximum atomic E-state index is 13.1. The molecule has 0 aliphatic carbocycles. The Morgan fingerprint density at radius 3 is 2.83 bits per heavy atom. The Kier molecular flexibility index (Phi) is 3.34. The van der Waals surface area contributed by atoms with E-state index in [9.17, 15) is 9.18 Å². The molecule has 1 aromatic carbocycles. The number of methoxy groups -OCH3 is 1. The van der Waals surface area contributed by atoms with Crippen molar-refractivity contribution < 1.29 is 18.4 Å². The summed E-state index contributed by atoms with van der Waals surface area (Å²) in [5.41, 5.74) is 0.972. The van der Waals surface area contributed by atoms with Gasteiger partial charge in [-0.25, -0.2) is 9.18 Å². The SMILES string of the molecule is COC(=O)c1c(-c2ccc(F)c(Cl)c2)noc1C. The molecule has 6 heteroatoms. The highest BCUT2D eigenvalue weighted by Crippen LogP contribution is 2.28. The number of halogens is 2. The number of hydrogen-bond donors (Lipinski definition) is 0. The molecule has 2 rings (SSSR count). The average molecular weight is 270 g/mol. The summed E-state index contributed by atoms with van der Waals surface area (Å²) < 4.78 is 22.7. The molecule has 0 unspecified atom stereocenters. The highest BCUT2D eigenvalue weighted by atomic mass is 35.5. The van der Waals surface area contributed by atoms with Crippen molar-refractivity contribution in [1.29, 1.82) is 0 Å². The van der Waals surface area contributed by atoms with Crippen LogP contribution in [-0.2, 0) is 4.74 Å². The molecule has 0 N–H and O–H groups in total. The topological polar surface area (TPSA) is 52.3 Å². The number of nitrogens with zero attached hydrogens (tertiary/aromatic N) is 1. The quantitative estimate of drug-likeness (QED) is 0.786. The highest BCUT2D eigenvalue weighted by molar-refractivity contribution is 6.31. The van der Waals surface area contributed by atoms with E-state index in [4.69, 9.17) is 16.1 Å². The lowest BCUT2D eigenvalue weighted by molar-refractivity contribution is 0.0599. The summed E-state index contributed by atoms with van der Waals surface area (Å²) in [6.07, 6.45) is 0. The number of hydrogen-bond acceptors (Lipinski definition) is 4.